The second-order valence-electron chi connectivity index (χ2n) is 11.3. The van der Waals surface area contributed by atoms with Crippen LogP contribution in [0.5, 0.6) is 5.75 Å². The molecule has 2 saturated heterocycles. The molecule has 194 valence electrons. The monoisotopic (exact) mass is 500 g/mol. The lowest BCUT2D eigenvalue weighted by molar-refractivity contribution is -0.116. The largest absolute Gasteiger partial charge is 0.493 e. The molecule has 0 saturated carbocycles. The maximum Gasteiger partial charge on any atom is 0.197 e. The number of nitrogens with zero attached hydrogens (tertiary/aromatic N) is 5. The first kappa shape index (κ1) is 24.1. The lowest BCUT2D eigenvalue weighted by atomic mass is 9.85. The molecule has 8 nitrogen and oxygen atoms in total. The van der Waals surface area contributed by atoms with Gasteiger partial charge in [0.2, 0.25) is 0 Å². The van der Waals surface area contributed by atoms with Gasteiger partial charge in [0.15, 0.2) is 11.4 Å². The molecule has 0 unspecified atom stereocenters. The minimum atomic E-state index is 0.285. The molecule has 8 heteroatoms. The maximum atomic E-state index is 5.58. The third-order valence-electron chi connectivity index (χ3n) is 7.98. The zero-order valence-electron chi connectivity index (χ0n) is 22.2. The van der Waals surface area contributed by atoms with Gasteiger partial charge in [0.1, 0.15) is 6.33 Å². The minimum Gasteiger partial charge on any atom is -0.493 e. The average molecular weight is 501 g/mol. The zero-order valence-corrected chi connectivity index (χ0v) is 22.2. The summed E-state index contributed by atoms with van der Waals surface area (Å²) in [6, 6.07) is 11.1. The van der Waals surface area contributed by atoms with Crippen LogP contribution in [-0.2, 0) is 4.74 Å². The van der Waals surface area contributed by atoms with Crippen molar-refractivity contribution in [3.8, 4) is 28.3 Å². The Morgan fingerprint density at radius 1 is 1.14 bits per heavy atom. The number of rotatable bonds is 7. The van der Waals surface area contributed by atoms with E-state index in [1.165, 1.54) is 43.4 Å². The quantitative estimate of drug-likeness (QED) is 0.379. The van der Waals surface area contributed by atoms with Gasteiger partial charge in [-0.2, -0.15) is 10.2 Å². The summed E-state index contributed by atoms with van der Waals surface area (Å²) in [5.74, 6) is 1.59. The predicted molar refractivity (Wildman–Crippen MR) is 144 cm³/mol. The minimum absolute atomic E-state index is 0.285. The molecule has 2 aliphatic heterocycles. The molecule has 0 amide bonds. The number of hydrogen-bond acceptors (Lipinski definition) is 6. The van der Waals surface area contributed by atoms with E-state index in [0.29, 0.717) is 22.7 Å². The Kier molecular flexibility index (Phi) is 6.24. The fraction of sp³-hybridized carbons (Fsp3) is 0.483. The molecule has 37 heavy (non-hydrogen) atoms. The highest BCUT2D eigenvalue weighted by molar-refractivity contribution is 5.76. The van der Waals surface area contributed by atoms with Crippen LogP contribution >= 0.6 is 0 Å². The summed E-state index contributed by atoms with van der Waals surface area (Å²) < 4.78 is 12.8. The van der Waals surface area contributed by atoms with Crippen LogP contribution in [0.1, 0.15) is 56.6 Å². The van der Waals surface area contributed by atoms with Crippen LogP contribution in [0.2, 0.25) is 0 Å². The molecule has 5 heterocycles. The van der Waals surface area contributed by atoms with Crippen molar-refractivity contribution < 1.29 is 9.47 Å². The van der Waals surface area contributed by atoms with Crippen molar-refractivity contribution in [1.29, 1.82) is 0 Å². The second-order valence-corrected chi connectivity index (χ2v) is 11.3. The van der Waals surface area contributed by atoms with Crippen molar-refractivity contribution in [2.75, 3.05) is 40.0 Å². The number of piperidine rings is 1. The SMILES string of the molecule is COc1cc(-c2n[nH]c(-c3ccc(C4CCN(CC5(C)COC5)CC4)cc3)c2C(C)C)cn2ncnc12. The number of aromatic amines is 1. The van der Waals surface area contributed by atoms with Crippen LogP contribution in [0.3, 0.4) is 0 Å². The summed E-state index contributed by atoms with van der Waals surface area (Å²) in [7, 11) is 1.65. The third-order valence-corrected chi connectivity index (χ3v) is 7.98. The van der Waals surface area contributed by atoms with Gasteiger partial charge in [0, 0.05) is 29.3 Å². The van der Waals surface area contributed by atoms with E-state index in [2.05, 4.69) is 65.1 Å². The number of nitrogens with one attached hydrogen (secondary N) is 1. The first-order valence-electron chi connectivity index (χ1n) is 13.3. The van der Waals surface area contributed by atoms with Gasteiger partial charge in [0.25, 0.3) is 0 Å². The standard InChI is InChI=1S/C29H36N6O2/c1-19(2)25-26(32-33-27(25)23-13-24(36-4)28-30-18-31-35(28)14-23)22-7-5-20(6-8-22)21-9-11-34(12-10-21)15-29(3)16-37-17-29/h5-8,13-14,18-19,21H,9-12,15-17H2,1-4H3,(H,32,33). The Morgan fingerprint density at radius 2 is 1.89 bits per heavy atom. The molecule has 0 spiro atoms. The van der Waals surface area contributed by atoms with Crippen LogP contribution < -0.4 is 4.74 Å². The van der Waals surface area contributed by atoms with E-state index in [-0.39, 0.29) is 5.92 Å². The lowest BCUT2D eigenvalue weighted by Crippen LogP contribution is -2.50. The molecule has 2 aliphatic rings. The summed E-state index contributed by atoms with van der Waals surface area (Å²) in [6.07, 6.45) is 5.93. The van der Waals surface area contributed by atoms with Gasteiger partial charge in [-0.15, -0.1) is 0 Å². The average Bonchev–Trinajstić information content (AvgIpc) is 3.55. The highest BCUT2D eigenvalue weighted by Crippen LogP contribution is 2.38. The fourth-order valence-electron chi connectivity index (χ4n) is 5.96. The number of aromatic nitrogens is 5. The number of pyridine rings is 1. The van der Waals surface area contributed by atoms with E-state index in [1.54, 1.807) is 11.6 Å². The molecule has 0 aliphatic carbocycles. The fourth-order valence-corrected chi connectivity index (χ4v) is 5.96. The molecular weight excluding hydrogens is 464 g/mol. The van der Waals surface area contributed by atoms with Crippen LogP contribution in [-0.4, -0.2) is 69.7 Å². The number of methoxy groups -OCH3 is 1. The van der Waals surface area contributed by atoms with Crippen LogP contribution in [0.4, 0.5) is 0 Å². The molecule has 4 aromatic rings. The topological polar surface area (TPSA) is 80.6 Å². The van der Waals surface area contributed by atoms with Gasteiger partial charge < -0.3 is 14.4 Å². The Labute approximate surface area is 218 Å². The van der Waals surface area contributed by atoms with E-state index in [9.17, 15) is 0 Å². The van der Waals surface area contributed by atoms with E-state index in [1.807, 2.05) is 12.3 Å². The zero-order chi connectivity index (χ0) is 25.6. The van der Waals surface area contributed by atoms with E-state index < -0.39 is 0 Å². The van der Waals surface area contributed by atoms with Gasteiger partial charge in [0.05, 0.1) is 31.7 Å². The number of benzene rings is 1. The first-order chi connectivity index (χ1) is 17.9. The Hall–Kier alpha value is -3.23. The predicted octanol–water partition coefficient (Wildman–Crippen LogP) is 5.13. The summed E-state index contributed by atoms with van der Waals surface area (Å²) in [5, 5.41) is 12.4. The van der Waals surface area contributed by atoms with Crippen molar-refractivity contribution in [3.63, 3.8) is 0 Å². The maximum absolute atomic E-state index is 5.58. The van der Waals surface area contributed by atoms with Crippen molar-refractivity contribution in [1.82, 2.24) is 29.7 Å². The molecular formula is C29H36N6O2. The molecule has 2 fully saturated rings. The molecule has 0 atom stereocenters. The molecule has 1 aromatic carbocycles. The van der Waals surface area contributed by atoms with Gasteiger partial charge in [-0.1, -0.05) is 45.0 Å². The van der Waals surface area contributed by atoms with Gasteiger partial charge in [-0.05, 0) is 55.0 Å². The van der Waals surface area contributed by atoms with Crippen LogP contribution in [0.15, 0.2) is 42.9 Å². The van der Waals surface area contributed by atoms with Crippen LogP contribution in [0.25, 0.3) is 28.2 Å². The van der Waals surface area contributed by atoms with Gasteiger partial charge in [-0.3, -0.25) is 5.10 Å². The van der Waals surface area contributed by atoms with Gasteiger partial charge >= 0.3 is 0 Å². The molecule has 3 aromatic heterocycles. The lowest BCUT2D eigenvalue weighted by Gasteiger charge is -2.43. The Bertz CT molecular complexity index is 1380. The summed E-state index contributed by atoms with van der Waals surface area (Å²) in [5.41, 5.74) is 7.79. The van der Waals surface area contributed by atoms with Crippen molar-refractivity contribution in [3.05, 3.63) is 54.0 Å². The number of ether oxygens (including phenoxy) is 2. The number of fused-ring (bicyclic) bond motifs is 1. The van der Waals surface area contributed by atoms with E-state index in [4.69, 9.17) is 14.6 Å². The Morgan fingerprint density at radius 3 is 2.54 bits per heavy atom. The molecule has 1 N–H and O–H groups in total. The third kappa shape index (κ3) is 4.53. The second kappa shape index (κ2) is 9.58. The van der Waals surface area contributed by atoms with E-state index in [0.717, 1.165) is 42.3 Å². The first-order valence-corrected chi connectivity index (χ1v) is 13.3. The van der Waals surface area contributed by atoms with Crippen molar-refractivity contribution in [2.45, 2.75) is 45.4 Å². The molecule has 0 bridgehead atoms. The smallest absolute Gasteiger partial charge is 0.197 e. The van der Waals surface area contributed by atoms with Crippen molar-refractivity contribution in [2.24, 2.45) is 5.41 Å². The highest BCUT2D eigenvalue weighted by Gasteiger charge is 2.36. The number of hydrogen-bond donors (Lipinski definition) is 1. The van der Waals surface area contributed by atoms with Gasteiger partial charge in [-0.25, -0.2) is 9.50 Å². The Balaban J connectivity index is 1.22. The highest BCUT2D eigenvalue weighted by atomic mass is 16.5. The number of H-pyrrole nitrogens is 1. The number of likely N-dealkylation sites (tertiary alicyclic amines) is 1. The van der Waals surface area contributed by atoms with Crippen molar-refractivity contribution >= 4 is 5.65 Å². The van der Waals surface area contributed by atoms with E-state index >= 15 is 0 Å². The normalized spacial score (nSPS) is 18.4. The van der Waals surface area contributed by atoms with Crippen LogP contribution in [0, 0.1) is 5.41 Å². The summed E-state index contributed by atoms with van der Waals surface area (Å²) >= 11 is 0. The summed E-state index contributed by atoms with van der Waals surface area (Å²) in [6.45, 7) is 12.1. The summed E-state index contributed by atoms with van der Waals surface area (Å²) in [4.78, 5) is 6.92. The molecule has 0 radical (unpaired) electrons. The molecule has 6 rings (SSSR count).